The first-order chi connectivity index (χ1) is 9.75. The van der Waals surface area contributed by atoms with Gasteiger partial charge in [-0.05, 0) is 25.7 Å². The maximum atomic E-state index is 11.3. The summed E-state index contributed by atoms with van der Waals surface area (Å²) in [4.78, 5) is 11.3. The van der Waals surface area contributed by atoms with Gasteiger partial charge in [0.15, 0.2) is 0 Å². The topological polar surface area (TPSA) is 37.3 Å². The van der Waals surface area contributed by atoms with E-state index in [-0.39, 0.29) is 5.92 Å². The predicted molar refractivity (Wildman–Crippen MR) is 84.9 cm³/mol. The molecule has 0 bridgehead atoms. The molecular weight excluding hydrogens is 248 g/mol. The van der Waals surface area contributed by atoms with Gasteiger partial charge in [-0.2, -0.15) is 0 Å². The summed E-state index contributed by atoms with van der Waals surface area (Å²) in [5.74, 6) is -0.806. The fourth-order valence-electron chi connectivity index (χ4n) is 3.14. The van der Waals surface area contributed by atoms with Crippen molar-refractivity contribution in [3.05, 3.63) is 11.6 Å². The average molecular weight is 280 g/mol. The zero-order chi connectivity index (χ0) is 14.6. The molecule has 0 aromatic carbocycles. The summed E-state index contributed by atoms with van der Waals surface area (Å²) in [6, 6.07) is 0. The van der Waals surface area contributed by atoms with E-state index in [1.54, 1.807) is 0 Å². The third kappa shape index (κ3) is 7.12. The summed E-state index contributed by atoms with van der Waals surface area (Å²) < 4.78 is 0. The van der Waals surface area contributed by atoms with Gasteiger partial charge in [-0.25, -0.2) is 0 Å². The number of rotatable bonds is 12. The first-order valence-corrected chi connectivity index (χ1v) is 8.67. The molecule has 0 aliphatic heterocycles. The molecule has 1 rings (SSSR count). The minimum atomic E-state index is -0.613. The monoisotopic (exact) mass is 280 g/mol. The number of allylic oxidation sites excluding steroid dienone is 1. The van der Waals surface area contributed by atoms with Crippen molar-refractivity contribution in [3.8, 4) is 0 Å². The van der Waals surface area contributed by atoms with Crippen molar-refractivity contribution < 1.29 is 9.90 Å². The second-order valence-corrected chi connectivity index (χ2v) is 6.18. The van der Waals surface area contributed by atoms with Crippen molar-refractivity contribution in [3.63, 3.8) is 0 Å². The molecule has 116 valence electrons. The lowest BCUT2D eigenvalue weighted by atomic mass is 9.92. The highest BCUT2D eigenvalue weighted by molar-refractivity contribution is 5.73. The van der Waals surface area contributed by atoms with Gasteiger partial charge in [-0.3, -0.25) is 4.79 Å². The quantitative estimate of drug-likeness (QED) is 0.367. The Balaban J connectivity index is 2.02. The summed E-state index contributed by atoms with van der Waals surface area (Å²) in [7, 11) is 0. The lowest BCUT2D eigenvalue weighted by molar-refractivity contribution is -0.140. The molecule has 2 nitrogen and oxygen atoms in total. The van der Waals surface area contributed by atoms with Gasteiger partial charge in [-0.1, -0.05) is 76.4 Å². The van der Waals surface area contributed by atoms with Gasteiger partial charge in [0.2, 0.25) is 0 Å². The first kappa shape index (κ1) is 17.3. The van der Waals surface area contributed by atoms with Gasteiger partial charge in [0.05, 0.1) is 5.92 Å². The van der Waals surface area contributed by atoms with Gasteiger partial charge in [0.1, 0.15) is 0 Å². The molecule has 0 radical (unpaired) electrons. The molecule has 0 heterocycles. The Bertz CT molecular complexity index is 294. The molecule has 0 amide bonds. The van der Waals surface area contributed by atoms with Gasteiger partial charge in [0.25, 0.3) is 0 Å². The number of hydrogen-bond acceptors (Lipinski definition) is 1. The van der Waals surface area contributed by atoms with Crippen molar-refractivity contribution >= 4 is 5.97 Å². The van der Waals surface area contributed by atoms with Gasteiger partial charge in [0, 0.05) is 0 Å². The molecule has 0 aromatic rings. The van der Waals surface area contributed by atoms with Crippen LogP contribution in [0.1, 0.15) is 90.4 Å². The van der Waals surface area contributed by atoms with Gasteiger partial charge in [-0.15, -0.1) is 0 Å². The molecule has 1 unspecified atom stereocenters. The van der Waals surface area contributed by atoms with E-state index in [9.17, 15) is 9.90 Å². The summed E-state index contributed by atoms with van der Waals surface area (Å²) in [6.45, 7) is 2.25. The van der Waals surface area contributed by atoms with Crippen LogP contribution < -0.4 is 0 Å². The Morgan fingerprint density at radius 3 is 2.20 bits per heavy atom. The van der Waals surface area contributed by atoms with Crippen LogP contribution in [0.2, 0.25) is 0 Å². The Morgan fingerprint density at radius 2 is 1.70 bits per heavy atom. The van der Waals surface area contributed by atoms with Crippen molar-refractivity contribution in [1.82, 2.24) is 0 Å². The van der Waals surface area contributed by atoms with E-state index in [4.69, 9.17) is 0 Å². The van der Waals surface area contributed by atoms with Crippen LogP contribution >= 0.6 is 0 Å². The SMILES string of the molecule is CCCCCCCCCCCC(C(=O)O)C1=CCCC1. The van der Waals surface area contributed by atoms with Crippen LogP contribution in [0, 0.1) is 5.92 Å². The average Bonchev–Trinajstić information content (AvgIpc) is 2.94. The third-order valence-electron chi connectivity index (χ3n) is 4.42. The van der Waals surface area contributed by atoms with E-state index in [0.29, 0.717) is 0 Å². The molecule has 1 atom stereocenters. The molecule has 1 aliphatic carbocycles. The van der Waals surface area contributed by atoms with Crippen LogP contribution in [-0.4, -0.2) is 11.1 Å². The van der Waals surface area contributed by atoms with Crippen LogP contribution in [0.5, 0.6) is 0 Å². The summed E-state index contributed by atoms with van der Waals surface area (Å²) in [5.41, 5.74) is 1.19. The minimum Gasteiger partial charge on any atom is -0.481 e. The number of unbranched alkanes of at least 4 members (excludes halogenated alkanes) is 8. The Kier molecular flexibility index (Phi) is 9.44. The summed E-state index contributed by atoms with van der Waals surface area (Å²) >= 11 is 0. The Morgan fingerprint density at radius 1 is 1.10 bits per heavy atom. The number of hydrogen-bond donors (Lipinski definition) is 1. The molecule has 2 heteroatoms. The second-order valence-electron chi connectivity index (χ2n) is 6.18. The third-order valence-corrected chi connectivity index (χ3v) is 4.42. The lowest BCUT2D eigenvalue weighted by Gasteiger charge is -2.13. The highest BCUT2D eigenvalue weighted by Gasteiger charge is 2.23. The fraction of sp³-hybridized carbons (Fsp3) is 0.833. The number of carboxylic acids is 1. The van der Waals surface area contributed by atoms with Crippen LogP contribution in [0.3, 0.4) is 0 Å². The molecule has 1 N–H and O–H groups in total. The Hall–Kier alpha value is -0.790. The highest BCUT2D eigenvalue weighted by Crippen LogP contribution is 2.29. The molecule has 0 saturated heterocycles. The molecule has 0 fully saturated rings. The van der Waals surface area contributed by atoms with E-state index < -0.39 is 5.97 Å². The summed E-state index contributed by atoms with van der Waals surface area (Å²) in [6.07, 6.45) is 17.9. The first-order valence-electron chi connectivity index (χ1n) is 8.67. The number of carbonyl (C=O) groups is 1. The Labute approximate surface area is 124 Å². The summed E-state index contributed by atoms with van der Waals surface area (Å²) in [5, 5.41) is 9.32. The van der Waals surface area contributed by atoms with Crippen LogP contribution in [0.15, 0.2) is 11.6 Å². The lowest BCUT2D eigenvalue weighted by Crippen LogP contribution is -2.15. The maximum Gasteiger partial charge on any atom is 0.310 e. The van der Waals surface area contributed by atoms with Crippen LogP contribution in [0.25, 0.3) is 0 Å². The zero-order valence-corrected chi connectivity index (χ0v) is 13.2. The normalized spacial score (nSPS) is 16.1. The fourth-order valence-corrected chi connectivity index (χ4v) is 3.14. The van der Waals surface area contributed by atoms with Crippen molar-refractivity contribution in [2.75, 3.05) is 0 Å². The number of aliphatic carboxylic acids is 1. The molecule has 0 aromatic heterocycles. The van der Waals surface area contributed by atoms with Crippen LogP contribution in [0.4, 0.5) is 0 Å². The standard InChI is InChI=1S/C18H32O2/c1-2-3-4-5-6-7-8-9-10-15-17(18(19)20)16-13-11-12-14-16/h13,17H,2-12,14-15H2,1H3,(H,19,20). The van der Waals surface area contributed by atoms with E-state index >= 15 is 0 Å². The van der Waals surface area contributed by atoms with Gasteiger partial charge >= 0.3 is 5.97 Å². The molecular formula is C18H32O2. The second kappa shape index (κ2) is 10.9. The van der Waals surface area contributed by atoms with Crippen LogP contribution in [-0.2, 0) is 4.79 Å². The van der Waals surface area contributed by atoms with Crippen molar-refractivity contribution in [2.45, 2.75) is 90.4 Å². The maximum absolute atomic E-state index is 11.3. The molecule has 0 spiro atoms. The number of carboxylic acid groups (broad SMARTS) is 1. The van der Waals surface area contributed by atoms with E-state index in [1.807, 2.05) is 0 Å². The highest BCUT2D eigenvalue weighted by atomic mass is 16.4. The van der Waals surface area contributed by atoms with E-state index in [1.165, 1.54) is 56.9 Å². The molecule has 0 saturated carbocycles. The smallest absolute Gasteiger partial charge is 0.310 e. The van der Waals surface area contributed by atoms with E-state index in [2.05, 4.69) is 13.0 Å². The molecule has 1 aliphatic rings. The largest absolute Gasteiger partial charge is 0.481 e. The predicted octanol–water partition coefficient (Wildman–Crippen LogP) is 5.72. The van der Waals surface area contributed by atoms with Crippen molar-refractivity contribution in [2.24, 2.45) is 5.92 Å². The van der Waals surface area contributed by atoms with Gasteiger partial charge < -0.3 is 5.11 Å². The molecule has 20 heavy (non-hydrogen) atoms. The van der Waals surface area contributed by atoms with Crippen molar-refractivity contribution in [1.29, 1.82) is 0 Å². The van der Waals surface area contributed by atoms with E-state index in [0.717, 1.165) is 32.1 Å². The minimum absolute atomic E-state index is 0.193. The zero-order valence-electron chi connectivity index (χ0n) is 13.2.